The van der Waals surface area contributed by atoms with Gasteiger partial charge in [-0.2, -0.15) is 15.0 Å². The van der Waals surface area contributed by atoms with E-state index in [-0.39, 0.29) is 11.2 Å². The van der Waals surface area contributed by atoms with Crippen LogP contribution in [0.3, 0.4) is 0 Å². The molecule has 0 fully saturated rings. The number of nitrogens with one attached hydrogen (secondary N) is 2. The number of nitrogens with zero attached hydrogens (tertiary/aromatic N) is 5. The lowest BCUT2D eigenvalue weighted by atomic mass is 10.2. The third-order valence-corrected chi connectivity index (χ3v) is 5.13. The maximum Gasteiger partial charge on any atom is 0.232 e. The molecular weight excluding hydrogens is 400 g/mol. The molecule has 4 aromatic rings. The molecule has 4 rings (SSSR count). The standard InChI is InChI=1S/C20H20N8OS/c1-12(16-23-18(21)26-19(24-16)22-14-6-4-3-5-7-14)30-20-25-17(27-28-20)13-8-10-15(29-2)11-9-13/h3-12H,1-2H3,(H,25,27,28)(H3,21,22,23,24,26). The number of aromatic amines is 1. The Labute approximate surface area is 177 Å². The molecule has 0 amide bonds. The number of thioether (sulfide) groups is 1. The number of nitrogen functional groups attached to an aromatic ring is 1. The van der Waals surface area contributed by atoms with Crippen molar-refractivity contribution in [2.24, 2.45) is 0 Å². The van der Waals surface area contributed by atoms with Gasteiger partial charge in [-0.15, -0.1) is 5.10 Å². The molecule has 9 nitrogen and oxygen atoms in total. The summed E-state index contributed by atoms with van der Waals surface area (Å²) in [6.07, 6.45) is 0. The summed E-state index contributed by atoms with van der Waals surface area (Å²) in [6.45, 7) is 1.97. The van der Waals surface area contributed by atoms with Gasteiger partial charge in [0.2, 0.25) is 17.1 Å². The quantitative estimate of drug-likeness (QED) is 0.382. The number of hydrogen-bond acceptors (Lipinski definition) is 9. The van der Waals surface area contributed by atoms with Gasteiger partial charge in [0.25, 0.3) is 0 Å². The molecular formula is C20H20N8OS. The monoisotopic (exact) mass is 420 g/mol. The number of benzene rings is 2. The van der Waals surface area contributed by atoms with E-state index in [0.717, 1.165) is 17.0 Å². The lowest BCUT2D eigenvalue weighted by Crippen LogP contribution is -2.08. The fourth-order valence-electron chi connectivity index (χ4n) is 2.69. The molecule has 0 bridgehead atoms. The predicted octanol–water partition coefficient (Wildman–Crippen LogP) is 3.84. The third-order valence-electron chi connectivity index (χ3n) is 4.17. The Kier molecular flexibility index (Phi) is 5.75. The van der Waals surface area contributed by atoms with Crippen LogP contribution in [0.2, 0.25) is 0 Å². The number of anilines is 3. The number of hydrogen-bond donors (Lipinski definition) is 3. The maximum absolute atomic E-state index is 5.89. The lowest BCUT2D eigenvalue weighted by Gasteiger charge is -2.10. The highest BCUT2D eigenvalue weighted by molar-refractivity contribution is 7.99. The summed E-state index contributed by atoms with van der Waals surface area (Å²) < 4.78 is 5.18. The minimum Gasteiger partial charge on any atom is -0.497 e. The minimum absolute atomic E-state index is 0.133. The van der Waals surface area contributed by atoms with Gasteiger partial charge >= 0.3 is 0 Å². The van der Waals surface area contributed by atoms with E-state index in [1.807, 2.05) is 61.5 Å². The Hall–Kier alpha value is -3.66. The van der Waals surface area contributed by atoms with Crippen molar-refractivity contribution in [2.45, 2.75) is 17.3 Å². The van der Waals surface area contributed by atoms with Gasteiger partial charge in [-0.25, -0.2) is 4.98 Å². The average molecular weight is 421 g/mol. The first-order chi connectivity index (χ1) is 14.6. The molecule has 152 valence electrons. The fraction of sp³-hybridized carbons (Fsp3) is 0.150. The van der Waals surface area contributed by atoms with Crippen LogP contribution < -0.4 is 15.8 Å². The number of methoxy groups -OCH3 is 1. The van der Waals surface area contributed by atoms with E-state index >= 15 is 0 Å². The Morgan fingerprint density at radius 1 is 1.00 bits per heavy atom. The Morgan fingerprint density at radius 2 is 1.77 bits per heavy atom. The molecule has 2 aromatic heterocycles. The summed E-state index contributed by atoms with van der Waals surface area (Å²) in [5.74, 6) is 2.55. The molecule has 4 N–H and O–H groups in total. The van der Waals surface area contributed by atoms with Crippen molar-refractivity contribution in [3.63, 3.8) is 0 Å². The Morgan fingerprint density at radius 3 is 2.50 bits per heavy atom. The van der Waals surface area contributed by atoms with Crippen molar-refractivity contribution in [1.82, 2.24) is 30.1 Å². The van der Waals surface area contributed by atoms with Gasteiger partial charge in [-0.05, 0) is 43.3 Å². The molecule has 30 heavy (non-hydrogen) atoms. The zero-order valence-electron chi connectivity index (χ0n) is 16.4. The lowest BCUT2D eigenvalue weighted by molar-refractivity contribution is 0.415. The van der Waals surface area contributed by atoms with Crippen LogP contribution in [0, 0.1) is 0 Å². The van der Waals surface area contributed by atoms with Crippen LogP contribution in [-0.2, 0) is 0 Å². The molecule has 0 aliphatic carbocycles. The number of rotatable bonds is 7. The summed E-state index contributed by atoms with van der Waals surface area (Å²) >= 11 is 1.43. The number of nitrogens with two attached hydrogens (primary N) is 1. The van der Waals surface area contributed by atoms with Crippen molar-refractivity contribution >= 4 is 29.3 Å². The summed E-state index contributed by atoms with van der Waals surface area (Å²) in [4.78, 5) is 17.5. The molecule has 0 aliphatic rings. The third kappa shape index (κ3) is 4.66. The van der Waals surface area contributed by atoms with Gasteiger partial charge in [-0.1, -0.05) is 30.0 Å². The summed E-state index contributed by atoms with van der Waals surface area (Å²) in [5, 5.41) is 10.8. The van der Waals surface area contributed by atoms with Crippen molar-refractivity contribution in [2.75, 3.05) is 18.2 Å². The minimum atomic E-state index is -0.133. The highest BCUT2D eigenvalue weighted by Crippen LogP contribution is 2.32. The number of para-hydroxylation sites is 1. The second kappa shape index (κ2) is 8.78. The SMILES string of the molecule is COc1ccc(-c2nc(SC(C)c3nc(N)nc(Nc4ccccc4)n3)n[nH]2)cc1. The second-order valence-corrected chi connectivity index (χ2v) is 7.63. The van der Waals surface area contributed by atoms with Crippen LogP contribution in [0.1, 0.15) is 18.0 Å². The fourth-order valence-corrected chi connectivity index (χ4v) is 3.45. The van der Waals surface area contributed by atoms with E-state index < -0.39 is 0 Å². The smallest absolute Gasteiger partial charge is 0.232 e. The largest absolute Gasteiger partial charge is 0.497 e. The molecule has 1 unspecified atom stereocenters. The first-order valence-corrected chi connectivity index (χ1v) is 10.1. The molecule has 2 aromatic carbocycles. The van der Waals surface area contributed by atoms with E-state index in [2.05, 4.69) is 35.5 Å². The van der Waals surface area contributed by atoms with Crippen LogP contribution in [-0.4, -0.2) is 37.2 Å². The molecule has 0 saturated heterocycles. The molecule has 1 atom stereocenters. The molecule has 0 saturated carbocycles. The van der Waals surface area contributed by atoms with Crippen LogP contribution >= 0.6 is 11.8 Å². The highest BCUT2D eigenvalue weighted by Gasteiger charge is 2.17. The number of aromatic nitrogens is 6. The van der Waals surface area contributed by atoms with Gasteiger partial charge in [0.1, 0.15) is 11.6 Å². The van der Waals surface area contributed by atoms with Crippen molar-refractivity contribution in [3.05, 3.63) is 60.4 Å². The van der Waals surface area contributed by atoms with E-state index in [0.29, 0.717) is 22.8 Å². The van der Waals surface area contributed by atoms with Crippen LogP contribution in [0.5, 0.6) is 5.75 Å². The molecule has 0 radical (unpaired) electrons. The van der Waals surface area contributed by atoms with E-state index in [9.17, 15) is 0 Å². The predicted molar refractivity (Wildman–Crippen MR) is 117 cm³/mol. The van der Waals surface area contributed by atoms with E-state index in [1.165, 1.54) is 11.8 Å². The second-order valence-electron chi connectivity index (χ2n) is 6.32. The van der Waals surface area contributed by atoms with Crippen molar-refractivity contribution in [1.29, 1.82) is 0 Å². The summed E-state index contributed by atoms with van der Waals surface area (Å²) in [7, 11) is 1.63. The van der Waals surface area contributed by atoms with Crippen molar-refractivity contribution in [3.8, 4) is 17.1 Å². The Bertz CT molecular complexity index is 1120. The summed E-state index contributed by atoms with van der Waals surface area (Å²) in [5.41, 5.74) is 7.68. The molecule has 2 heterocycles. The van der Waals surface area contributed by atoms with Gasteiger partial charge in [0.05, 0.1) is 12.4 Å². The number of ether oxygens (including phenoxy) is 1. The first kappa shape index (κ1) is 19.6. The molecule has 0 aliphatic heterocycles. The van der Waals surface area contributed by atoms with Gasteiger partial charge in [-0.3, -0.25) is 5.10 Å². The first-order valence-electron chi connectivity index (χ1n) is 9.18. The average Bonchev–Trinajstić information content (AvgIpc) is 3.22. The zero-order chi connectivity index (χ0) is 20.9. The highest BCUT2D eigenvalue weighted by atomic mass is 32.2. The van der Waals surface area contributed by atoms with Crippen LogP contribution in [0.15, 0.2) is 59.8 Å². The van der Waals surface area contributed by atoms with Crippen molar-refractivity contribution < 1.29 is 4.74 Å². The van der Waals surface area contributed by atoms with E-state index in [1.54, 1.807) is 7.11 Å². The topological polar surface area (TPSA) is 128 Å². The summed E-state index contributed by atoms with van der Waals surface area (Å²) in [6, 6.07) is 17.2. The maximum atomic E-state index is 5.89. The number of H-pyrrole nitrogens is 1. The normalized spacial score (nSPS) is 11.8. The van der Waals surface area contributed by atoms with Crippen LogP contribution in [0.4, 0.5) is 17.6 Å². The van der Waals surface area contributed by atoms with E-state index in [4.69, 9.17) is 10.5 Å². The molecule has 0 spiro atoms. The molecule has 10 heteroatoms. The Balaban J connectivity index is 1.48. The van der Waals surface area contributed by atoms with Crippen LogP contribution in [0.25, 0.3) is 11.4 Å². The van der Waals surface area contributed by atoms with Gasteiger partial charge in [0, 0.05) is 11.3 Å². The van der Waals surface area contributed by atoms with Gasteiger partial charge < -0.3 is 15.8 Å². The zero-order valence-corrected chi connectivity index (χ0v) is 17.2. The van der Waals surface area contributed by atoms with Gasteiger partial charge in [0.15, 0.2) is 5.82 Å².